The van der Waals surface area contributed by atoms with Crippen molar-refractivity contribution in [3.05, 3.63) is 24.3 Å². The lowest BCUT2D eigenvalue weighted by molar-refractivity contribution is -0.146. The van der Waals surface area contributed by atoms with Crippen LogP contribution in [0.1, 0.15) is 54.4 Å². The molecule has 0 unspecified atom stereocenters. The highest BCUT2D eigenvalue weighted by Crippen LogP contribution is 2.21. The Morgan fingerprint density at radius 3 is 1.26 bits per heavy atom. The van der Waals surface area contributed by atoms with Crippen molar-refractivity contribution < 1.29 is 38.1 Å². The average Bonchev–Trinajstić information content (AvgIpc) is 3.33. The second-order valence-corrected chi connectivity index (χ2v) is 9.93. The molecule has 0 saturated carbocycles. The highest BCUT2D eigenvalue weighted by atomic mass is 16.6. The van der Waals surface area contributed by atoms with Crippen LogP contribution < -0.4 is 10.6 Å². The Hall–Kier alpha value is -3.04. The molecule has 0 aromatic carbocycles. The van der Waals surface area contributed by atoms with Crippen molar-refractivity contribution in [2.45, 2.75) is 77.7 Å². The summed E-state index contributed by atoms with van der Waals surface area (Å²) in [5.74, 6) is -1.35. The lowest BCUT2D eigenvalue weighted by Gasteiger charge is -2.23. The van der Waals surface area contributed by atoms with Crippen LogP contribution in [0.4, 0.5) is 9.59 Å². The molecule has 4 atom stereocenters. The van der Waals surface area contributed by atoms with E-state index in [9.17, 15) is 19.2 Å². The fraction of sp³-hybridized carbons (Fsp3) is 0.667. The van der Waals surface area contributed by atoms with Crippen molar-refractivity contribution in [2.75, 3.05) is 14.2 Å². The van der Waals surface area contributed by atoms with E-state index < -0.39 is 23.4 Å². The summed E-state index contributed by atoms with van der Waals surface area (Å²) < 4.78 is 19.6. The lowest BCUT2D eigenvalue weighted by atomic mass is 10.0. The molecule has 2 rings (SSSR count). The van der Waals surface area contributed by atoms with Crippen molar-refractivity contribution in [2.24, 2.45) is 11.8 Å². The summed E-state index contributed by atoms with van der Waals surface area (Å²) in [6.07, 6.45) is 7.37. The van der Waals surface area contributed by atoms with Gasteiger partial charge < -0.3 is 29.6 Å². The molecular formula is C24H38N2O8. The zero-order valence-corrected chi connectivity index (χ0v) is 21.3. The van der Waals surface area contributed by atoms with Gasteiger partial charge in [-0.15, -0.1) is 0 Å². The lowest BCUT2D eigenvalue weighted by Crippen LogP contribution is -2.43. The van der Waals surface area contributed by atoms with Crippen LogP contribution in [0.5, 0.6) is 0 Å². The third kappa shape index (κ3) is 10.3. The zero-order chi connectivity index (χ0) is 26.1. The van der Waals surface area contributed by atoms with Gasteiger partial charge in [0.05, 0.1) is 38.1 Å². The first-order chi connectivity index (χ1) is 15.7. The maximum atomic E-state index is 11.6. The Labute approximate surface area is 201 Å². The van der Waals surface area contributed by atoms with Crippen LogP contribution >= 0.6 is 0 Å². The molecule has 2 N–H and O–H groups in total. The minimum Gasteiger partial charge on any atom is -0.469 e. The van der Waals surface area contributed by atoms with Gasteiger partial charge in [0, 0.05) is 0 Å². The standard InChI is InChI=1S/2C12H19NO4/c2*1-12(2,3)17-11(15)13-9-7-5-6-8(9)10(14)16-4/h2*5,7-9H,6H2,1-4H3,(H,13,15)/t2*8-,9-/m10/s1. The Kier molecular flexibility index (Phi) is 10.6. The smallest absolute Gasteiger partial charge is 0.408 e. The summed E-state index contributed by atoms with van der Waals surface area (Å²) in [5.41, 5.74) is -1.10. The number of esters is 2. The van der Waals surface area contributed by atoms with E-state index in [1.807, 2.05) is 12.2 Å². The first-order valence-electron chi connectivity index (χ1n) is 11.1. The predicted octanol–water partition coefficient (Wildman–Crippen LogP) is 3.26. The van der Waals surface area contributed by atoms with E-state index in [0.29, 0.717) is 12.8 Å². The van der Waals surface area contributed by atoms with E-state index in [1.165, 1.54) is 14.2 Å². The van der Waals surface area contributed by atoms with Crippen LogP contribution in [0.25, 0.3) is 0 Å². The van der Waals surface area contributed by atoms with Gasteiger partial charge in [0.2, 0.25) is 0 Å². The Morgan fingerprint density at radius 1 is 0.676 bits per heavy atom. The Morgan fingerprint density at radius 2 is 1.00 bits per heavy atom. The molecule has 2 amide bonds. The first-order valence-corrected chi connectivity index (χ1v) is 11.1. The molecule has 0 saturated heterocycles. The van der Waals surface area contributed by atoms with Gasteiger partial charge in [-0.25, -0.2) is 9.59 Å². The highest BCUT2D eigenvalue weighted by molar-refractivity contribution is 5.77. The molecule has 0 radical (unpaired) electrons. The average molecular weight is 483 g/mol. The molecule has 2 aliphatic rings. The van der Waals surface area contributed by atoms with Crippen molar-refractivity contribution in [1.29, 1.82) is 0 Å². The van der Waals surface area contributed by atoms with E-state index in [2.05, 4.69) is 20.1 Å². The minimum absolute atomic E-state index is 0.323. The van der Waals surface area contributed by atoms with Crippen LogP contribution in [0, 0.1) is 11.8 Å². The normalized spacial score (nSPS) is 23.3. The number of hydrogen-bond acceptors (Lipinski definition) is 8. The molecule has 10 heteroatoms. The Bertz CT molecular complexity index is 726. The second kappa shape index (κ2) is 12.4. The van der Waals surface area contributed by atoms with Crippen molar-refractivity contribution in [3.8, 4) is 0 Å². The third-order valence-electron chi connectivity index (χ3n) is 4.71. The first kappa shape index (κ1) is 29.0. The number of alkyl carbamates (subject to hydrolysis) is 2. The highest BCUT2D eigenvalue weighted by Gasteiger charge is 2.33. The number of carbonyl (C=O) groups is 4. The third-order valence-corrected chi connectivity index (χ3v) is 4.71. The van der Waals surface area contributed by atoms with E-state index in [-0.39, 0.29) is 35.9 Å². The maximum absolute atomic E-state index is 11.6. The van der Waals surface area contributed by atoms with E-state index >= 15 is 0 Å². The van der Waals surface area contributed by atoms with Crippen molar-refractivity contribution in [1.82, 2.24) is 10.6 Å². The number of hydrogen-bond donors (Lipinski definition) is 2. The van der Waals surface area contributed by atoms with Gasteiger partial charge in [-0.05, 0) is 54.4 Å². The number of allylic oxidation sites excluding steroid dienone is 2. The molecule has 0 fully saturated rings. The van der Waals surface area contributed by atoms with Crippen LogP contribution in [0.3, 0.4) is 0 Å². The number of methoxy groups -OCH3 is 2. The molecule has 34 heavy (non-hydrogen) atoms. The van der Waals surface area contributed by atoms with Crippen LogP contribution in [-0.2, 0) is 28.5 Å². The number of carbonyl (C=O) groups excluding carboxylic acids is 4. The van der Waals surface area contributed by atoms with E-state index in [4.69, 9.17) is 9.47 Å². The molecular weight excluding hydrogens is 444 g/mol. The molecule has 10 nitrogen and oxygen atoms in total. The van der Waals surface area contributed by atoms with Gasteiger partial charge in [-0.1, -0.05) is 24.3 Å². The minimum atomic E-state index is -0.548. The van der Waals surface area contributed by atoms with Crippen molar-refractivity contribution in [3.63, 3.8) is 0 Å². The molecule has 192 valence electrons. The van der Waals surface area contributed by atoms with Crippen LogP contribution in [-0.4, -0.2) is 61.6 Å². The Balaban J connectivity index is 0.000000340. The summed E-state index contributed by atoms with van der Waals surface area (Å²) in [5, 5.41) is 5.30. The van der Waals surface area contributed by atoms with Crippen molar-refractivity contribution >= 4 is 24.1 Å². The fourth-order valence-electron chi connectivity index (χ4n) is 3.28. The topological polar surface area (TPSA) is 129 Å². The molecule has 0 spiro atoms. The maximum Gasteiger partial charge on any atom is 0.408 e. The number of rotatable bonds is 4. The number of amides is 2. The van der Waals surface area contributed by atoms with Crippen LogP contribution in [0.2, 0.25) is 0 Å². The zero-order valence-electron chi connectivity index (χ0n) is 21.3. The summed E-state index contributed by atoms with van der Waals surface area (Å²) in [7, 11) is 2.68. The number of ether oxygens (including phenoxy) is 4. The summed E-state index contributed by atoms with van der Waals surface area (Å²) in [6, 6.07) is -0.699. The summed E-state index contributed by atoms with van der Waals surface area (Å²) >= 11 is 0. The molecule has 0 aromatic heterocycles. The molecule has 0 heterocycles. The van der Waals surface area contributed by atoms with E-state index in [1.54, 1.807) is 53.7 Å². The molecule has 2 aliphatic carbocycles. The largest absolute Gasteiger partial charge is 0.469 e. The number of nitrogens with one attached hydrogen (secondary N) is 2. The molecule has 0 aliphatic heterocycles. The van der Waals surface area contributed by atoms with Gasteiger partial charge in [0.25, 0.3) is 0 Å². The SMILES string of the molecule is COC(=O)[C@@H]1CC=C[C@H]1NC(=O)OC(C)(C)C.COC(=O)[C@H]1CC=C[C@@H]1NC(=O)OC(C)(C)C. The van der Waals surface area contributed by atoms with Gasteiger partial charge in [-0.3, -0.25) is 9.59 Å². The van der Waals surface area contributed by atoms with Gasteiger partial charge in [0.1, 0.15) is 11.2 Å². The summed E-state index contributed by atoms with van der Waals surface area (Å²) in [4.78, 5) is 46.0. The molecule has 0 bridgehead atoms. The van der Waals surface area contributed by atoms with Gasteiger partial charge in [-0.2, -0.15) is 0 Å². The predicted molar refractivity (Wildman–Crippen MR) is 125 cm³/mol. The van der Waals surface area contributed by atoms with Crippen LogP contribution in [0.15, 0.2) is 24.3 Å². The van der Waals surface area contributed by atoms with Gasteiger partial charge in [0.15, 0.2) is 0 Å². The quantitative estimate of drug-likeness (QED) is 0.355. The second-order valence-electron chi connectivity index (χ2n) is 9.93. The molecule has 0 aromatic rings. The fourth-order valence-corrected chi connectivity index (χ4v) is 3.28. The van der Waals surface area contributed by atoms with Gasteiger partial charge >= 0.3 is 24.1 Å². The monoisotopic (exact) mass is 482 g/mol. The van der Waals surface area contributed by atoms with E-state index in [0.717, 1.165) is 0 Å². The summed E-state index contributed by atoms with van der Waals surface area (Å²) in [6.45, 7) is 10.7.